The molecule has 0 radical (unpaired) electrons. The van der Waals surface area contributed by atoms with Crippen molar-refractivity contribution in [3.05, 3.63) is 41.9 Å². The molecule has 2 N–H and O–H groups in total. The van der Waals surface area contributed by atoms with E-state index in [0.29, 0.717) is 0 Å². The van der Waals surface area contributed by atoms with E-state index < -0.39 is 33.3 Å². The van der Waals surface area contributed by atoms with Gasteiger partial charge in [0.05, 0.1) is 11.7 Å². The fourth-order valence-electron chi connectivity index (χ4n) is 1.85. The van der Waals surface area contributed by atoms with Crippen LogP contribution in [0.4, 0.5) is 13.2 Å². The molecule has 1 rings (SSSR count). The van der Waals surface area contributed by atoms with E-state index in [0.717, 1.165) is 18.1 Å². The molecule has 0 aromatic heterocycles. The second-order valence-electron chi connectivity index (χ2n) is 7.55. The van der Waals surface area contributed by atoms with E-state index in [1.165, 1.54) is 18.2 Å². The lowest BCUT2D eigenvalue weighted by atomic mass is 9.91. The first-order valence-electron chi connectivity index (χ1n) is 8.25. The minimum atomic E-state index is -4.45. The van der Waals surface area contributed by atoms with Crippen LogP contribution in [0.3, 0.4) is 0 Å². The Morgan fingerprint density at radius 3 is 2.31 bits per heavy atom. The minimum Gasteiger partial charge on any atom is -0.491 e. The van der Waals surface area contributed by atoms with Crippen molar-refractivity contribution in [3.8, 4) is 5.75 Å². The zero-order valence-electron chi connectivity index (χ0n) is 15.7. The topological polar surface area (TPSA) is 58.9 Å². The highest BCUT2D eigenvalue weighted by Crippen LogP contribution is 2.37. The predicted octanol–water partition coefficient (Wildman–Crippen LogP) is 4.04. The number of rotatable bonds is 7. The lowest BCUT2D eigenvalue weighted by Crippen LogP contribution is -2.45. The summed E-state index contributed by atoms with van der Waals surface area (Å²) in [6, 6.07) is 4.60. The predicted molar refractivity (Wildman–Crippen MR) is 98.3 cm³/mol. The summed E-state index contributed by atoms with van der Waals surface area (Å²) in [5.74, 6) is 1.22. The molecule has 0 aliphatic heterocycles. The van der Waals surface area contributed by atoms with Gasteiger partial charge in [0.1, 0.15) is 12.4 Å². The Bertz CT molecular complexity index is 613. The molecule has 0 aliphatic rings. The van der Waals surface area contributed by atoms with E-state index >= 15 is 0 Å². The van der Waals surface area contributed by atoms with Crippen molar-refractivity contribution in [2.24, 2.45) is 0 Å². The van der Waals surface area contributed by atoms with Gasteiger partial charge in [-0.25, -0.2) is 0 Å². The summed E-state index contributed by atoms with van der Waals surface area (Å²) in [6.45, 7) is 10.1. The summed E-state index contributed by atoms with van der Waals surface area (Å²) in [5, 5.41) is 18.0. The Labute approximate surface area is 153 Å². The van der Waals surface area contributed by atoms with Crippen molar-refractivity contribution in [2.45, 2.75) is 51.2 Å². The van der Waals surface area contributed by atoms with Crippen LogP contribution in [0.5, 0.6) is 5.75 Å². The SMILES string of the molecule is CC(C)(C)[Si](C)(C)OC(C=CB(O)O)COc1cccc(C(F)(F)F)c1. The van der Waals surface area contributed by atoms with Crippen molar-refractivity contribution in [3.63, 3.8) is 0 Å². The van der Waals surface area contributed by atoms with Gasteiger partial charge in [0, 0.05) is 0 Å². The molecule has 0 bridgehead atoms. The Balaban J connectivity index is 2.91. The minimum absolute atomic E-state index is 0.0446. The van der Waals surface area contributed by atoms with Gasteiger partial charge in [0.25, 0.3) is 0 Å². The average molecular weight is 390 g/mol. The number of benzene rings is 1. The molecular formula is C17H26BF3O4Si. The Morgan fingerprint density at radius 1 is 1.19 bits per heavy atom. The van der Waals surface area contributed by atoms with Crippen molar-refractivity contribution >= 4 is 15.4 Å². The van der Waals surface area contributed by atoms with Crippen LogP contribution < -0.4 is 4.74 Å². The second kappa shape index (κ2) is 8.60. The summed E-state index contributed by atoms with van der Waals surface area (Å²) < 4.78 is 50.0. The molecule has 26 heavy (non-hydrogen) atoms. The summed E-state index contributed by atoms with van der Waals surface area (Å²) in [5.41, 5.74) is -0.793. The monoisotopic (exact) mass is 390 g/mol. The smallest absolute Gasteiger partial charge is 0.480 e. The largest absolute Gasteiger partial charge is 0.491 e. The molecule has 0 saturated carbocycles. The maximum absolute atomic E-state index is 12.8. The molecule has 9 heteroatoms. The highest BCUT2D eigenvalue weighted by Gasteiger charge is 2.39. The van der Waals surface area contributed by atoms with Crippen LogP contribution in [0.1, 0.15) is 26.3 Å². The van der Waals surface area contributed by atoms with Crippen LogP contribution in [-0.2, 0) is 10.6 Å². The van der Waals surface area contributed by atoms with E-state index in [4.69, 9.17) is 19.2 Å². The molecule has 146 valence electrons. The first-order chi connectivity index (χ1) is 11.7. The number of halogens is 3. The van der Waals surface area contributed by atoms with E-state index in [9.17, 15) is 13.2 Å². The molecule has 1 aromatic rings. The molecular weight excluding hydrogens is 364 g/mol. The van der Waals surface area contributed by atoms with Crippen LogP contribution in [0, 0.1) is 0 Å². The van der Waals surface area contributed by atoms with Gasteiger partial charge in [-0.3, -0.25) is 0 Å². The first-order valence-corrected chi connectivity index (χ1v) is 11.2. The van der Waals surface area contributed by atoms with Gasteiger partial charge in [0.2, 0.25) is 0 Å². The summed E-state index contributed by atoms with van der Waals surface area (Å²) >= 11 is 0. The number of hydrogen-bond donors (Lipinski definition) is 2. The van der Waals surface area contributed by atoms with Crippen molar-refractivity contribution in [2.75, 3.05) is 6.61 Å². The van der Waals surface area contributed by atoms with E-state index in [1.54, 1.807) is 0 Å². The molecule has 0 saturated heterocycles. The summed E-state index contributed by atoms with van der Waals surface area (Å²) in [6.07, 6.45) is -3.61. The lowest BCUT2D eigenvalue weighted by Gasteiger charge is -2.38. The highest BCUT2D eigenvalue weighted by molar-refractivity contribution is 6.74. The third-order valence-electron chi connectivity index (χ3n) is 4.33. The molecule has 1 atom stereocenters. The molecule has 4 nitrogen and oxygen atoms in total. The number of hydrogen-bond acceptors (Lipinski definition) is 4. The zero-order chi connectivity index (χ0) is 20.2. The fourth-order valence-corrected chi connectivity index (χ4v) is 3.10. The Hall–Kier alpha value is -1.29. The average Bonchev–Trinajstić information content (AvgIpc) is 2.48. The maximum Gasteiger partial charge on any atom is 0.480 e. The maximum atomic E-state index is 12.8. The summed E-state index contributed by atoms with van der Waals surface area (Å²) in [4.78, 5) is 0. The molecule has 0 heterocycles. The van der Waals surface area contributed by atoms with Crippen LogP contribution >= 0.6 is 0 Å². The first kappa shape index (κ1) is 22.8. The highest BCUT2D eigenvalue weighted by atomic mass is 28.4. The molecule has 0 aliphatic carbocycles. The van der Waals surface area contributed by atoms with Crippen molar-refractivity contribution in [1.82, 2.24) is 0 Å². The third-order valence-corrected chi connectivity index (χ3v) is 8.83. The molecule has 1 unspecified atom stereocenters. The zero-order valence-corrected chi connectivity index (χ0v) is 16.7. The lowest BCUT2D eigenvalue weighted by molar-refractivity contribution is -0.137. The van der Waals surface area contributed by atoms with Crippen LogP contribution in [-0.4, -0.2) is 38.2 Å². The molecule has 1 aromatic carbocycles. The van der Waals surface area contributed by atoms with Gasteiger partial charge in [-0.2, -0.15) is 13.2 Å². The molecule has 0 fully saturated rings. The van der Waals surface area contributed by atoms with E-state index in [1.807, 2.05) is 13.1 Å². The van der Waals surface area contributed by atoms with Gasteiger partial charge in [-0.15, -0.1) is 0 Å². The molecule has 0 spiro atoms. The van der Waals surface area contributed by atoms with Crippen LogP contribution in [0.25, 0.3) is 0 Å². The normalized spacial score (nSPS) is 14.5. The van der Waals surface area contributed by atoms with Crippen molar-refractivity contribution in [1.29, 1.82) is 0 Å². The van der Waals surface area contributed by atoms with E-state index in [-0.39, 0.29) is 17.4 Å². The Kier molecular flexibility index (Phi) is 7.53. The van der Waals surface area contributed by atoms with Gasteiger partial charge < -0.3 is 19.2 Å². The van der Waals surface area contributed by atoms with E-state index in [2.05, 4.69) is 20.8 Å². The van der Waals surface area contributed by atoms with Gasteiger partial charge >= 0.3 is 13.3 Å². The number of ether oxygens (including phenoxy) is 1. The van der Waals surface area contributed by atoms with Gasteiger partial charge in [0.15, 0.2) is 8.32 Å². The van der Waals surface area contributed by atoms with Crippen LogP contribution in [0.2, 0.25) is 18.1 Å². The quantitative estimate of drug-likeness (QED) is 0.690. The van der Waals surface area contributed by atoms with Gasteiger partial charge in [-0.1, -0.05) is 38.9 Å². The van der Waals surface area contributed by atoms with Crippen LogP contribution in [0.15, 0.2) is 36.3 Å². The number of alkyl halides is 3. The van der Waals surface area contributed by atoms with Gasteiger partial charge in [-0.05, 0) is 36.3 Å². The molecule has 0 amide bonds. The Morgan fingerprint density at radius 2 is 1.81 bits per heavy atom. The summed E-state index contributed by atoms with van der Waals surface area (Å²) in [7, 11) is -3.84. The third kappa shape index (κ3) is 7.14. The van der Waals surface area contributed by atoms with Crippen molar-refractivity contribution < 1.29 is 32.4 Å². The standard InChI is InChI=1S/C17H26BF3O4Si/c1-16(2,3)26(4,5)25-15(9-10-18(22)23)12-24-14-8-6-7-13(11-14)17(19,20)21/h6-11,15,22-23H,12H2,1-5H3. The second-order valence-corrected chi connectivity index (χ2v) is 12.3. The fraction of sp³-hybridized carbons (Fsp3) is 0.529.